The van der Waals surface area contributed by atoms with E-state index in [9.17, 15) is 4.79 Å². The first-order valence-corrected chi connectivity index (χ1v) is 7.85. The minimum absolute atomic E-state index is 0.109. The van der Waals surface area contributed by atoms with Crippen LogP contribution in [0.15, 0.2) is 33.3 Å². The van der Waals surface area contributed by atoms with Gasteiger partial charge in [-0.15, -0.1) is 0 Å². The zero-order chi connectivity index (χ0) is 15.5. The SMILES string of the molecule is N#Cc1cc(CC(=O)NCc2cc(C3CC3)on2)ccc1Br. The van der Waals surface area contributed by atoms with E-state index >= 15 is 0 Å². The van der Waals surface area contributed by atoms with Crippen molar-refractivity contribution in [1.29, 1.82) is 5.26 Å². The van der Waals surface area contributed by atoms with Crippen LogP contribution in [0.1, 0.15) is 41.3 Å². The third-order valence-electron chi connectivity index (χ3n) is 3.54. The molecule has 1 aliphatic carbocycles. The zero-order valence-electron chi connectivity index (χ0n) is 11.8. The first-order valence-electron chi connectivity index (χ1n) is 7.06. The lowest BCUT2D eigenvalue weighted by Crippen LogP contribution is -2.24. The van der Waals surface area contributed by atoms with Gasteiger partial charge in [0.25, 0.3) is 0 Å². The lowest BCUT2D eigenvalue weighted by molar-refractivity contribution is -0.120. The molecule has 0 spiro atoms. The number of rotatable bonds is 5. The summed E-state index contributed by atoms with van der Waals surface area (Å²) in [5, 5.41) is 15.8. The number of carbonyl (C=O) groups excluding carboxylic acids is 1. The van der Waals surface area contributed by atoms with Crippen LogP contribution in [0.3, 0.4) is 0 Å². The molecule has 1 N–H and O–H groups in total. The lowest BCUT2D eigenvalue weighted by atomic mass is 10.1. The molecular weight excluding hydrogens is 346 g/mol. The minimum atomic E-state index is -0.109. The molecular formula is C16H14BrN3O2. The number of hydrogen-bond acceptors (Lipinski definition) is 4. The Labute approximate surface area is 136 Å². The average Bonchev–Trinajstić information content (AvgIpc) is 3.26. The highest BCUT2D eigenvalue weighted by Gasteiger charge is 2.27. The van der Waals surface area contributed by atoms with Crippen molar-refractivity contribution in [2.24, 2.45) is 0 Å². The standard InChI is InChI=1S/C16H14BrN3O2/c17-14-4-1-10(5-12(14)8-18)6-16(21)19-9-13-7-15(22-20-13)11-2-3-11/h1,4-5,7,11H,2-3,6,9H2,(H,19,21). The molecule has 112 valence electrons. The van der Waals surface area contributed by atoms with Gasteiger partial charge in [0.05, 0.1) is 18.5 Å². The van der Waals surface area contributed by atoms with Crippen molar-refractivity contribution < 1.29 is 9.32 Å². The van der Waals surface area contributed by atoms with Crippen molar-refractivity contribution in [2.45, 2.75) is 31.7 Å². The molecule has 1 aromatic heterocycles. The fourth-order valence-corrected chi connectivity index (χ4v) is 2.51. The van der Waals surface area contributed by atoms with Gasteiger partial charge in [-0.25, -0.2) is 0 Å². The fourth-order valence-electron chi connectivity index (χ4n) is 2.18. The fraction of sp³-hybridized carbons (Fsp3) is 0.312. The maximum atomic E-state index is 12.0. The Balaban J connectivity index is 1.54. The summed E-state index contributed by atoms with van der Waals surface area (Å²) in [6, 6.07) is 9.31. The van der Waals surface area contributed by atoms with Crippen LogP contribution < -0.4 is 5.32 Å². The molecule has 0 aliphatic heterocycles. The van der Waals surface area contributed by atoms with Gasteiger partial charge in [-0.2, -0.15) is 5.26 Å². The molecule has 5 nitrogen and oxygen atoms in total. The first-order chi connectivity index (χ1) is 10.7. The Morgan fingerprint density at radius 2 is 2.27 bits per heavy atom. The summed E-state index contributed by atoms with van der Waals surface area (Å²) >= 11 is 3.30. The van der Waals surface area contributed by atoms with Gasteiger partial charge in [0.1, 0.15) is 17.5 Å². The van der Waals surface area contributed by atoms with Gasteiger partial charge in [0.2, 0.25) is 5.91 Å². The van der Waals surface area contributed by atoms with Gasteiger partial charge in [0, 0.05) is 16.5 Å². The number of hydrogen-bond donors (Lipinski definition) is 1. The molecule has 1 saturated carbocycles. The molecule has 1 aliphatic rings. The molecule has 0 atom stereocenters. The van der Waals surface area contributed by atoms with E-state index in [0.717, 1.165) is 34.3 Å². The van der Waals surface area contributed by atoms with Crippen molar-refractivity contribution in [2.75, 3.05) is 0 Å². The molecule has 22 heavy (non-hydrogen) atoms. The molecule has 1 aromatic carbocycles. The molecule has 3 rings (SSSR count). The van der Waals surface area contributed by atoms with Gasteiger partial charge in [-0.05, 0) is 46.5 Å². The maximum absolute atomic E-state index is 12.0. The maximum Gasteiger partial charge on any atom is 0.224 e. The van der Waals surface area contributed by atoms with E-state index in [4.69, 9.17) is 9.78 Å². The number of nitriles is 1. The number of nitrogens with one attached hydrogen (secondary N) is 1. The van der Waals surface area contributed by atoms with Crippen molar-refractivity contribution >= 4 is 21.8 Å². The second-order valence-electron chi connectivity index (χ2n) is 5.37. The third-order valence-corrected chi connectivity index (χ3v) is 4.23. The second kappa shape index (κ2) is 6.32. The van der Waals surface area contributed by atoms with Crippen LogP contribution in [-0.2, 0) is 17.8 Å². The van der Waals surface area contributed by atoms with Crippen LogP contribution in [0.4, 0.5) is 0 Å². The number of nitrogens with zero attached hydrogens (tertiary/aromatic N) is 2. The van der Waals surface area contributed by atoms with Crippen LogP contribution in [0, 0.1) is 11.3 Å². The van der Waals surface area contributed by atoms with Gasteiger partial charge in [-0.1, -0.05) is 11.2 Å². The quantitative estimate of drug-likeness (QED) is 0.889. The molecule has 0 radical (unpaired) electrons. The van der Waals surface area contributed by atoms with Crippen LogP contribution in [-0.4, -0.2) is 11.1 Å². The van der Waals surface area contributed by atoms with Crippen molar-refractivity contribution in [3.63, 3.8) is 0 Å². The summed E-state index contributed by atoms with van der Waals surface area (Å²) in [6.07, 6.45) is 2.55. The van der Waals surface area contributed by atoms with Gasteiger partial charge in [0.15, 0.2) is 0 Å². The summed E-state index contributed by atoms with van der Waals surface area (Å²) in [6.45, 7) is 0.358. The second-order valence-corrected chi connectivity index (χ2v) is 6.23. The Kier molecular flexibility index (Phi) is 4.25. The summed E-state index contributed by atoms with van der Waals surface area (Å²) in [5.41, 5.74) is 2.07. The van der Waals surface area contributed by atoms with E-state index in [-0.39, 0.29) is 12.3 Å². The Morgan fingerprint density at radius 3 is 3.00 bits per heavy atom. The Bertz CT molecular complexity index is 744. The Hall–Kier alpha value is -2.13. The van der Waals surface area contributed by atoms with Crippen LogP contribution in [0.25, 0.3) is 0 Å². The van der Waals surface area contributed by atoms with Crippen molar-refractivity contribution in [3.8, 4) is 6.07 Å². The molecule has 1 amide bonds. The van der Waals surface area contributed by atoms with Crippen LogP contribution in [0.5, 0.6) is 0 Å². The molecule has 0 unspecified atom stereocenters. The molecule has 1 heterocycles. The summed E-state index contributed by atoms with van der Waals surface area (Å²) in [4.78, 5) is 12.0. The van der Waals surface area contributed by atoms with Crippen molar-refractivity contribution in [1.82, 2.24) is 10.5 Å². The number of amides is 1. The minimum Gasteiger partial charge on any atom is -0.361 e. The van der Waals surface area contributed by atoms with E-state index in [0.29, 0.717) is 18.0 Å². The largest absolute Gasteiger partial charge is 0.361 e. The van der Waals surface area contributed by atoms with Crippen LogP contribution >= 0.6 is 15.9 Å². The highest BCUT2D eigenvalue weighted by molar-refractivity contribution is 9.10. The van der Waals surface area contributed by atoms with E-state index in [2.05, 4.69) is 32.5 Å². The monoisotopic (exact) mass is 359 g/mol. The highest BCUT2D eigenvalue weighted by atomic mass is 79.9. The average molecular weight is 360 g/mol. The number of carbonyl (C=O) groups is 1. The van der Waals surface area contributed by atoms with E-state index in [1.807, 2.05) is 12.1 Å². The zero-order valence-corrected chi connectivity index (χ0v) is 13.4. The van der Waals surface area contributed by atoms with E-state index in [1.54, 1.807) is 12.1 Å². The van der Waals surface area contributed by atoms with E-state index < -0.39 is 0 Å². The highest BCUT2D eigenvalue weighted by Crippen LogP contribution is 2.40. The molecule has 0 saturated heterocycles. The predicted octanol–water partition coefficient (Wildman–Crippen LogP) is 3.05. The summed E-state index contributed by atoms with van der Waals surface area (Å²) in [7, 11) is 0. The van der Waals surface area contributed by atoms with E-state index in [1.165, 1.54) is 0 Å². The number of halogens is 1. The first kappa shape index (κ1) is 14.8. The third kappa shape index (κ3) is 3.55. The molecule has 2 aromatic rings. The smallest absolute Gasteiger partial charge is 0.224 e. The Morgan fingerprint density at radius 1 is 1.45 bits per heavy atom. The van der Waals surface area contributed by atoms with Gasteiger partial charge >= 0.3 is 0 Å². The molecule has 6 heteroatoms. The van der Waals surface area contributed by atoms with Crippen LogP contribution in [0.2, 0.25) is 0 Å². The number of aromatic nitrogens is 1. The molecule has 1 fully saturated rings. The predicted molar refractivity (Wildman–Crippen MR) is 82.9 cm³/mol. The van der Waals surface area contributed by atoms with Gasteiger partial charge in [-0.3, -0.25) is 4.79 Å². The lowest BCUT2D eigenvalue weighted by Gasteiger charge is -2.04. The van der Waals surface area contributed by atoms with Crippen molar-refractivity contribution in [3.05, 3.63) is 51.3 Å². The molecule has 0 bridgehead atoms. The number of benzene rings is 1. The normalized spacial score (nSPS) is 13.6. The summed E-state index contributed by atoms with van der Waals surface area (Å²) in [5.74, 6) is 1.32. The van der Waals surface area contributed by atoms with Gasteiger partial charge < -0.3 is 9.84 Å². The topological polar surface area (TPSA) is 78.9 Å². The summed E-state index contributed by atoms with van der Waals surface area (Å²) < 4.78 is 5.97.